The van der Waals surface area contributed by atoms with Crippen molar-refractivity contribution in [3.05, 3.63) is 70.8 Å². The molecule has 0 saturated carbocycles. The number of aryl methyl sites for hydroxylation is 2. The Morgan fingerprint density at radius 2 is 1.91 bits per heavy atom. The molecular weight excluding hydrogens is 292 g/mol. The summed E-state index contributed by atoms with van der Waals surface area (Å²) in [5.74, 6) is -1.93. The maximum Gasteiger partial charge on any atom is 0.377 e. The van der Waals surface area contributed by atoms with Gasteiger partial charge < -0.3 is 9.84 Å². The summed E-state index contributed by atoms with van der Waals surface area (Å²) in [6, 6.07) is 10.5. The monoisotopic (exact) mass is 310 g/mol. The number of carbonyl (C=O) groups excluding carboxylic acids is 1. The Kier molecular flexibility index (Phi) is 4.96. The van der Waals surface area contributed by atoms with Crippen LogP contribution in [0.15, 0.2) is 43.0 Å². The van der Waals surface area contributed by atoms with Crippen LogP contribution in [0.4, 0.5) is 0 Å². The molecule has 0 saturated heterocycles. The average Bonchev–Trinajstić information content (AvgIpc) is 2.54. The van der Waals surface area contributed by atoms with Crippen molar-refractivity contribution in [1.29, 1.82) is 0 Å². The van der Waals surface area contributed by atoms with Crippen LogP contribution in [0.2, 0.25) is 0 Å². The zero-order chi connectivity index (χ0) is 17.0. The van der Waals surface area contributed by atoms with E-state index in [2.05, 4.69) is 6.58 Å². The lowest BCUT2D eigenvalue weighted by Gasteiger charge is -2.14. The molecule has 2 aromatic rings. The molecular formula is C19H18O4. The van der Waals surface area contributed by atoms with Crippen LogP contribution in [0.1, 0.15) is 32.6 Å². The Bertz CT molecular complexity index is 775. The van der Waals surface area contributed by atoms with E-state index >= 15 is 0 Å². The van der Waals surface area contributed by atoms with Gasteiger partial charge in [-0.3, -0.25) is 4.79 Å². The Hall–Kier alpha value is -2.88. The summed E-state index contributed by atoms with van der Waals surface area (Å²) in [6.45, 7) is 7.95. The maximum atomic E-state index is 11.6. The van der Waals surface area contributed by atoms with Crippen molar-refractivity contribution < 1.29 is 19.4 Å². The number of benzene rings is 2. The molecule has 0 spiro atoms. The van der Waals surface area contributed by atoms with Gasteiger partial charge in [0.05, 0.1) is 0 Å². The second-order valence-electron chi connectivity index (χ2n) is 5.25. The molecule has 0 unspecified atom stereocenters. The predicted octanol–water partition coefficient (Wildman–Crippen LogP) is 3.79. The van der Waals surface area contributed by atoms with Gasteiger partial charge in [0.15, 0.2) is 0 Å². The van der Waals surface area contributed by atoms with E-state index in [-0.39, 0.29) is 5.56 Å². The molecule has 118 valence electrons. The van der Waals surface area contributed by atoms with Gasteiger partial charge in [0.2, 0.25) is 0 Å². The molecule has 4 nitrogen and oxygen atoms in total. The summed E-state index contributed by atoms with van der Waals surface area (Å²) in [4.78, 5) is 22.4. The number of carboxylic acid groups (broad SMARTS) is 1. The molecule has 0 atom stereocenters. The number of ether oxygens (including phenoxy) is 1. The molecule has 0 aliphatic carbocycles. The number of hydrogen-bond acceptors (Lipinski definition) is 3. The second kappa shape index (κ2) is 6.92. The number of carboxylic acids is 1. The van der Waals surface area contributed by atoms with E-state index in [1.54, 1.807) is 12.1 Å². The molecule has 0 radical (unpaired) electrons. The zero-order valence-electron chi connectivity index (χ0n) is 13.1. The summed E-state index contributed by atoms with van der Waals surface area (Å²) in [5, 5.41) is 8.81. The Labute approximate surface area is 135 Å². The van der Waals surface area contributed by atoms with Crippen molar-refractivity contribution >= 4 is 17.8 Å². The molecule has 0 aliphatic heterocycles. The van der Waals surface area contributed by atoms with Gasteiger partial charge in [0, 0.05) is 5.56 Å². The van der Waals surface area contributed by atoms with Crippen LogP contribution in [0.3, 0.4) is 0 Å². The van der Waals surface area contributed by atoms with Gasteiger partial charge in [-0.2, -0.15) is 0 Å². The summed E-state index contributed by atoms with van der Waals surface area (Å²) >= 11 is 0. The van der Waals surface area contributed by atoms with E-state index in [1.807, 2.05) is 32.0 Å². The van der Waals surface area contributed by atoms with Crippen LogP contribution in [-0.4, -0.2) is 16.9 Å². The minimum absolute atomic E-state index is 0.104. The molecule has 0 heterocycles. The molecule has 2 rings (SSSR count). The topological polar surface area (TPSA) is 63.6 Å². The molecule has 23 heavy (non-hydrogen) atoms. The normalized spacial score (nSPS) is 10.2. The first kappa shape index (κ1) is 16.5. The van der Waals surface area contributed by atoms with Gasteiger partial charge in [-0.1, -0.05) is 43.0 Å². The molecule has 2 aromatic carbocycles. The van der Waals surface area contributed by atoms with Crippen LogP contribution >= 0.6 is 0 Å². The molecule has 0 amide bonds. The number of carbonyl (C=O) groups is 2. The largest absolute Gasteiger partial charge is 0.489 e. The zero-order valence-corrected chi connectivity index (χ0v) is 13.1. The summed E-state index contributed by atoms with van der Waals surface area (Å²) < 4.78 is 5.82. The van der Waals surface area contributed by atoms with E-state index in [9.17, 15) is 9.59 Å². The lowest BCUT2D eigenvalue weighted by Crippen LogP contribution is -2.13. The lowest BCUT2D eigenvalue weighted by molar-refractivity contribution is -0.131. The van der Waals surface area contributed by atoms with Crippen molar-refractivity contribution in [3.8, 4) is 5.75 Å². The minimum atomic E-state index is -1.48. The number of rotatable bonds is 6. The molecule has 1 N–H and O–H groups in total. The Balaban J connectivity index is 2.28. The number of ketones is 1. The first-order chi connectivity index (χ1) is 10.9. The van der Waals surface area contributed by atoms with E-state index in [0.717, 1.165) is 22.3 Å². The highest BCUT2D eigenvalue weighted by Crippen LogP contribution is 2.23. The first-order valence-electron chi connectivity index (χ1n) is 7.16. The highest BCUT2D eigenvalue weighted by molar-refractivity contribution is 6.39. The van der Waals surface area contributed by atoms with Gasteiger partial charge >= 0.3 is 5.97 Å². The van der Waals surface area contributed by atoms with E-state index < -0.39 is 11.8 Å². The molecule has 4 heteroatoms. The molecule has 0 fully saturated rings. The fraction of sp³-hybridized carbons (Fsp3) is 0.158. The van der Waals surface area contributed by atoms with Crippen LogP contribution in [0.5, 0.6) is 5.75 Å². The van der Waals surface area contributed by atoms with Gasteiger partial charge in [0.1, 0.15) is 12.4 Å². The Morgan fingerprint density at radius 1 is 1.17 bits per heavy atom. The van der Waals surface area contributed by atoms with Crippen molar-refractivity contribution in [2.24, 2.45) is 0 Å². The van der Waals surface area contributed by atoms with Crippen LogP contribution in [-0.2, 0) is 11.4 Å². The molecule has 0 bridgehead atoms. The SMILES string of the molecule is C=Cc1cccc(C)c1COc1cc(C(=O)C(=O)O)ccc1C. The van der Waals surface area contributed by atoms with Crippen LogP contribution < -0.4 is 4.74 Å². The van der Waals surface area contributed by atoms with E-state index in [0.29, 0.717) is 12.4 Å². The summed E-state index contributed by atoms with van der Waals surface area (Å²) in [7, 11) is 0. The fourth-order valence-electron chi connectivity index (χ4n) is 2.28. The quantitative estimate of drug-likeness (QED) is 0.651. The average molecular weight is 310 g/mol. The number of Topliss-reactive ketones (excluding diaryl/α,β-unsaturated/α-hetero) is 1. The molecule has 0 aliphatic rings. The number of aliphatic carboxylic acids is 1. The summed E-state index contributed by atoms with van der Waals surface area (Å²) in [5.41, 5.74) is 4.02. The minimum Gasteiger partial charge on any atom is -0.489 e. The third-order valence-corrected chi connectivity index (χ3v) is 3.68. The van der Waals surface area contributed by atoms with Crippen molar-refractivity contribution in [2.45, 2.75) is 20.5 Å². The number of hydrogen-bond donors (Lipinski definition) is 1. The van der Waals surface area contributed by atoms with Crippen LogP contribution in [0, 0.1) is 13.8 Å². The van der Waals surface area contributed by atoms with E-state index in [4.69, 9.17) is 9.84 Å². The summed E-state index contributed by atoms with van der Waals surface area (Å²) in [6.07, 6.45) is 1.77. The highest BCUT2D eigenvalue weighted by Gasteiger charge is 2.16. The van der Waals surface area contributed by atoms with Gasteiger partial charge in [0.25, 0.3) is 5.78 Å². The molecule has 0 aromatic heterocycles. The van der Waals surface area contributed by atoms with Gasteiger partial charge in [-0.05, 0) is 42.2 Å². The lowest BCUT2D eigenvalue weighted by atomic mass is 10.0. The fourth-order valence-corrected chi connectivity index (χ4v) is 2.28. The Morgan fingerprint density at radius 3 is 2.57 bits per heavy atom. The smallest absolute Gasteiger partial charge is 0.377 e. The second-order valence-corrected chi connectivity index (χ2v) is 5.25. The van der Waals surface area contributed by atoms with E-state index in [1.165, 1.54) is 12.1 Å². The maximum absolute atomic E-state index is 11.6. The first-order valence-corrected chi connectivity index (χ1v) is 7.16. The van der Waals surface area contributed by atoms with Crippen molar-refractivity contribution in [3.63, 3.8) is 0 Å². The van der Waals surface area contributed by atoms with Crippen LogP contribution in [0.25, 0.3) is 6.08 Å². The third kappa shape index (κ3) is 3.66. The third-order valence-electron chi connectivity index (χ3n) is 3.68. The van der Waals surface area contributed by atoms with Gasteiger partial charge in [-0.25, -0.2) is 4.79 Å². The predicted molar refractivity (Wildman–Crippen MR) is 88.7 cm³/mol. The standard InChI is InChI=1S/C19H18O4/c1-4-14-7-5-6-12(2)16(14)11-23-17-10-15(9-8-13(17)3)18(20)19(21)22/h4-10H,1,11H2,2-3H3,(H,21,22). The van der Waals surface area contributed by atoms with Gasteiger partial charge in [-0.15, -0.1) is 0 Å². The highest BCUT2D eigenvalue weighted by atomic mass is 16.5. The van der Waals surface area contributed by atoms with Crippen molar-refractivity contribution in [2.75, 3.05) is 0 Å². The van der Waals surface area contributed by atoms with Crippen molar-refractivity contribution in [1.82, 2.24) is 0 Å².